The van der Waals surface area contributed by atoms with Gasteiger partial charge in [-0.1, -0.05) is 12.8 Å². The molecule has 8 nitrogen and oxygen atoms in total. The van der Waals surface area contributed by atoms with Crippen molar-refractivity contribution in [1.82, 2.24) is 19.7 Å². The molecule has 0 bridgehead atoms. The summed E-state index contributed by atoms with van der Waals surface area (Å²) in [6.07, 6.45) is 10.2. The normalized spacial score (nSPS) is 21.2. The number of rotatable bonds is 6. The average Bonchev–Trinajstić information content (AvgIpc) is 3.11. The van der Waals surface area contributed by atoms with Crippen LogP contribution in [0.25, 0.3) is 0 Å². The Bertz CT molecular complexity index is 733. The number of likely N-dealkylation sites (tertiary alicyclic amines) is 1. The van der Waals surface area contributed by atoms with Crippen LogP contribution in [0, 0.1) is 0 Å². The van der Waals surface area contributed by atoms with Crippen LogP contribution in [-0.2, 0) is 9.59 Å². The molecule has 8 heteroatoms. The highest BCUT2D eigenvalue weighted by molar-refractivity contribution is 5.92. The van der Waals surface area contributed by atoms with Crippen molar-refractivity contribution in [2.75, 3.05) is 75.7 Å². The molecule has 0 aromatic carbocycles. The van der Waals surface area contributed by atoms with Crippen molar-refractivity contribution in [1.29, 1.82) is 0 Å². The number of hydrogen-bond acceptors (Lipinski definition) is 6. The van der Waals surface area contributed by atoms with Crippen LogP contribution in [-0.4, -0.2) is 96.9 Å². The van der Waals surface area contributed by atoms with Crippen LogP contribution in [0.15, 0.2) is 18.3 Å². The summed E-state index contributed by atoms with van der Waals surface area (Å²) in [5.41, 5.74) is 0.748. The van der Waals surface area contributed by atoms with Crippen molar-refractivity contribution in [3.05, 3.63) is 18.3 Å². The summed E-state index contributed by atoms with van der Waals surface area (Å²) in [6, 6.07) is 3.95. The Morgan fingerprint density at radius 2 is 1.34 bits per heavy atom. The van der Waals surface area contributed by atoms with Crippen LogP contribution in [0.5, 0.6) is 0 Å². The summed E-state index contributed by atoms with van der Waals surface area (Å²) in [5, 5.41) is 2.98. The van der Waals surface area contributed by atoms with E-state index in [4.69, 9.17) is 0 Å². The van der Waals surface area contributed by atoms with Crippen molar-refractivity contribution < 1.29 is 9.59 Å². The lowest BCUT2D eigenvalue weighted by Crippen LogP contribution is -2.51. The number of aromatic nitrogens is 1. The van der Waals surface area contributed by atoms with Gasteiger partial charge >= 0.3 is 0 Å². The Morgan fingerprint density at radius 1 is 0.750 bits per heavy atom. The van der Waals surface area contributed by atoms with E-state index >= 15 is 0 Å². The maximum absolute atomic E-state index is 12.6. The van der Waals surface area contributed by atoms with E-state index < -0.39 is 0 Å². The zero-order valence-electron chi connectivity index (χ0n) is 19.3. The van der Waals surface area contributed by atoms with E-state index in [0.29, 0.717) is 13.1 Å². The minimum atomic E-state index is -0.00776. The Hall–Kier alpha value is -2.19. The van der Waals surface area contributed by atoms with Gasteiger partial charge in [0.15, 0.2) is 0 Å². The number of pyridine rings is 1. The first-order chi connectivity index (χ1) is 15.7. The average molecular weight is 443 g/mol. The molecular weight excluding hydrogens is 404 g/mol. The summed E-state index contributed by atoms with van der Waals surface area (Å²) < 4.78 is 0. The third kappa shape index (κ3) is 6.65. The van der Waals surface area contributed by atoms with Gasteiger partial charge in [0.1, 0.15) is 5.82 Å². The number of piperazine rings is 1. The Balaban J connectivity index is 1.16. The predicted molar refractivity (Wildman–Crippen MR) is 127 cm³/mol. The van der Waals surface area contributed by atoms with Crippen LogP contribution in [0.3, 0.4) is 0 Å². The number of carbonyl (C=O) groups excluding carboxylic acids is 2. The molecule has 0 saturated carbocycles. The molecule has 3 aliphatic rings. The van der Waals surface area contributed by atoms with E-state index in [1.165, 1.54) is 32.1 Å². The van der Waals surface area contributed by atoms with Crippen LogP contribution < -0.4 is 10.2 Å². The van der Waals surface area contributed by atoms with Crippen molar-refractivity contribution in [3.63, 3.8) is 0 Å². The molecule has 1 N–H and O–H groups in total. The van der Waals surface area contributed by atoms with Crippen LogP contribution >= 0.6 is 0 Å². The number of nitrogens with one attached hydrogen (secondary N) is 1. The summed E-state index contributed by atoms with van der Waals surface area (Å²) >= 11 is 0. The molecule has 2 amide bonds. The summed E-state index contributed by atoms with van der Waals surface area (Å²) in [5.74, 6) is 1.25. The highest BCUT2D eigenvalue weighted by atomic mass is 16.2. The molecule has 0 atom stereocenters. The van der Waals surface area contributed by atoms with Gasteiger partial charge in [-0.25, -0.2) is 4.98 Å². The highest BCUT2D eigenvalue weighted by Gasteiger charge is 2.23. The standard InChI is InChI=1S/C24H38N6O2/c31-23(26-21-8-9-22(25-18-21)29-10-6-3-7-11-29)19-27-14-16-28(17-15-27)20-24(32)30-12-4-1-2-5-13-30/h8-9,18H,1-7,10-17,19-20H2,(H,26,31). The van der Waals surface area contributed by atoms with Gasteiger partial charge in [0.05, 0.1) is 25.0 Å². The molecule has 176 valence electrons. The lowest BCUT2D eigenvalue weighted by molar-refractivity contribution is -0.133. The molecule has 0 spiro atoms. The molecule has 32 heavy (non-hydrogen) atoms. The molecule has 4 heterocycles. The summed E-state index contributed by atoms with van der Waals surface area (Å²) in [6.45, 7) is 8.12. The van der Waals surface area contributed by atoms with E-state index in [1.807, 2.05) is 17.0 Å². The molecule has 1 aromatic rings. The quantitative estimate of drug-likeness (QED) is 0.727. The van der Waals surface area contributed by atoms with Crippen molar-refractivity contribution in [2.24, 2.45) is 0 Å². The molecule has 3 fully saturated rings. The van der Waals surface area contributed by atoms with E-state index in [9.17, 15) is 9.59 Å². The minimum Gasteiger partial charge on any atom is -0.357 e. The monoisotopic (exact) mass is 442 g/mol. The zero-order valence-corrected chi connectivity index (χ0v) is 19.3. The topological polar surface area (TPSA) is 72.0 Å². The first-order valence-corrected chi connectivity index (χ1v) is 12.4. The molecule has 4 rings (SSSR count). The van der Waals surface area contributed by atoms with Gasteiger partial charge in [-0.05, 0) is 44.2 Å². The smallest absolute Gasteiger partial charge is 0.238 e. The number of piperidine rings is 1. The van der Waals surface area contributed by atoms with Crippen molar-refractivity contribution in [2.45, 2.75) is 44.9 Å². The largest absolute Gasteiger partial charge is 0.357 e. The van der Waals surface area contributed by atoms with Gasteiger partial charge in [-0.2, -0.15) is 0 Å². The molecule has 0 aliphatic carbocycles. The van der Waals surface area contributed by atoms with Crippen LogP contribution in [0.2, 0.25) is 0 Å². The number of nitrogens with zero attached hydrogens (tertiary/aromatic N) is 5. The first kappa shape index (κ1) is 23.0. The van der Waals surface area contributed by atoms with Gasteiger partial charge in [0.2, 0.25) is 11.8 Å². The second kappa shape index (κ2) is 11.6. The molecule has 0 unspecified atom stereocenters. The van der Waals surface area contributed by atoms with E-state index in [2.05, 4.69) is 25.0 Å². The predicted octanol–water partition coefficient (Wildman–Crippen LogP) is 2.03. The van der Waals surface area contributed by atoms with E-state index in [1.54, 1.807) is 6.20 Å². The van der Waals surface area contributed by atoms with Crippen LogP contribution in [0.4, 0.5) is 11.5 Å². The summed E-state index contributed by atoms with van der Waals surface area (Å²) in [7, 11) is 0. The van der Waals surface area contributed by atoms with Crippen molar-refractivity contribution in [3.8, 4) is 0 Å². The van der Waals surface area contributed by atoms with Crippen molar-refractivity contribution >= 4 is 23.3 Å². The zero-order chi connectivity index (χ0) is 22.2. The van der Waals surface area contributed by atoms with Crippen LogP contribution in [0.1, 0.15) is 44.9 Å². The molecule has 3 saturated heterocycles. The van der Waals surface area contributed by atoms with Gasteiger partial charge in [-0.15, -0.1) is 0 Å². The second-order valence-electron chi connectivity index (χ2n) is 9.35. The van der Waals surface area contributed by atoms with Gasteiger partial charge in [0, 0.05) is 52.4 Å². The fourth-order valence-corrected chi connectivity index (χ4v) is 4.89. The first-order valence-electron chi connectivity index (χ1n) is 12.4. The lowest BCUT2D eigenvalue weighted by Gasteiger charge is -2.35. The number of hydrogen-bond donors (Lipinski definition) is 1. The third-order valence-corrected chi connectivity index (χ3v) is 6.86. The second-order valence-corrected chi connectivity index (χ2v) is 9.35. The van der Waals surface area contributed by atoms with E-state index in [-0.39, 0.29) is 11.8 Å². The van der Waals surface area contributed by atoms with E-state index in [0.717, 1.165) is 76.7 Å². The molecule has 0 radical (unpaired) electrons. The fraction of sp³-hybridized carbons (Fsp3) is 0.708. The Morgan fingerprint density at radius 3 is 1.97 bits per heavy atom. The molecule has 3 aliphatic heterocycles. The summed E-state index contributed by atoms with van der Waals surface area (Å²) in [4.78, 5) is 38.4. The molecule has 1 aromatic heterocycles. The van der Waals surface area contributed by atoms with Gasteiger partial charge in [-0.3, -0.25) is 19.4 Å². The Labute approximate surface area is 191 Å². The fourth-order valence-electron chi connectivity index (χ4n) is 4.89. The SMILES string of the molecule is O=C(CN1CCN(CC(=O)N2CCCCCC2)CC1)Nc1ccc(N2CCCCC2)nc1. The number of anilines is 2. The highest BCUT2D eigenvalue weighted by Crippen LogP contribution is 2.19. The number of amides is 2. The maximum atomic E-state index is 12.6. The molecular formula is C24H38N6O2. The number of carbonyl (C=O) groups is 2. The third-order valence-electron chi connectivity index (χ3n) is 6.86. The van der Waals surface area contributed by atoms with Gasteiger partial charge in [0.25, 0.3) is 0 Å². The Kier molecular flexibility index (Phi) is 8.34. The minimum absolute atomic E-state index is 0.00776. The lowest BCUT2D eigenvalue weighted by atomic mass is 10.1. The maximum Gasteiger partial charge on any atom is 0.238 e. The van der Waals surface area contributed by atoms with Gasteiger partial charge < -0.3 is 15.1 Å².